The second-order valence-electron chi connectivity index (χ2n) is 7.48. The van der Waals surface area contributed by atoms with Crippen molar-refractivity contribution in [1.29, 1.82) is 0 Å². The van der Waals surface area contributed by atoms with Crippen molar-refractivity contribution in [3.63, 3.8) is 0 Å². The first-order chi connectivity index (χ1) is 12.8. The molecule has 2 nitrogen and oxygen atoms in total. The molecule has 0 saturated carbocycles. The van der Waals surface area contributed by atoms with Crippen LogP contribution in [-0.2, 0) is 13.1 Å². The number of aryl methyl sites for hydroxylation is 2. The van der Waals surface area contributed by atoms with Crippen molar-refractivity contribution >= 4 is 0 Å². The standard InChI is InChI=1S/C24H38N2.2ClH/c1-3-5-7-9-11-17-25-19-13-23(14-20-25)24-15-21-26(22-16-24)18-12-10-8-6-4-2;;/h13-16,19-22H,3-12,17-18H2,1-2H3;2*1H/q+2;;/p-2. The maximum Gasteiger partial charge on any atom is 0.169 e. The number of rotatable bonds is 13. The van der Waals surface area contributed by atoms with E-state index in [0.717, 1.165) is 13.1 Å². The van der Waals surface area contributed by atoms with Gasteiger partial charge in [-0.15, -0.1) is 0 Å². The molecule has 0 fully saturated rings. The zero-order valence-electron chi connectivity index (χ0n) is 17.8. The fourth-order valence-electron chi connectivity index (χ4n) is 3.39. The van der Waals surface area contributed by atoms with Crippen LogP contribution in [0.3, 0.4) is 0 Å². The van der Waals surface area contributed by atoms with Crippen molar-refractivity contribution in [2.75, 3.05) is 0 Å². The molecular formula is C24H38Cl2N2. The highest BCUT2D eigenvalue weighted by Gasteiger charge is 2.06. The van der Waals surface area contributed by atoms with Gasteiger partial charge >= 0.3 is 0 Å². The summed E-state index contributed by atoms with van der Waals surface area (Å²) in [6, 6.07) is 8.99. The summed E-state index contributed by atoms with van der Waals surface area (Å²) in [6.45, 7) is 6.81. The van der Waals surface area contributed by atoms with Crippen LogP contribution in [0.2, 0.25) is 0 Å². The van der Waals surface area contributed by atoms with E-state index >= 15 is 0 Å². The van der Waals surface area contributed by atoms with Gasteiger partial charge in [-0.3, -0.25) is 0 Å². The molecule has 0 aliphatic rings. The molecule has 0 aliphatic carbocycles. The third kappa shape index (κ3) is 10.4. The van der Waals surface area contributed by atoms with Gasteiger partial charge in [-0.25, -0.2) is 9.13 Å². The minimum absolute atomic E-state index is 0. The van der Waals surface area contributed by atoms with E-state index in [1.807, 2.05) is 0 Å². The van der Waals surface area contributed by atoms with E-state index in [4.69, 9.17) is 0 Å². The molecule has 0 atom stereocenters. The molecule has 2 heterocycles. The van der Waals surface area contributed by atoms with Gasteiger partial charge in [0.05, 0.1) is 0 Å². The Kier molecular flexibility index (Phi) is 16.1. The van der Waals surface area contributed by atoms with Crippen molar-refractivity contribution in [3.8, 4) is 11.1 Å². The highest BCUT2D eigenvalue weighted by molar-refractivity contribution is 5.60. The Morgan fingerprint density at radius 2 is 0.821 bits per heavy atom. The van der Waals surface area contributed by atoms with Crippen molar-refractivity contribution in [2.24, 2.45) is 0 Å². The predicted octanol–water partition coefficient (Wildman–Crippen LogP) is -0.123. The number of aromatic nitrogens is 2. The number of hydrogen-bond donors (Lipinski definition) is 0. The molecule has 28 heavy (non-hydrogen) atoms. The molecule has 0 aromatic carbocycles. The normalized spacial score (nSPS) is 10.2. The quantitative estimate of drug-likeness (QED) is 0.312. The summed E-state index contributed by atoms with van der Waals surface area (Å²) < 4.78 is 4.63. The van der Waals surface area contributed by atoms with E-state index in [0.29, 0.717) is 0 Å². The molecule has 0 unspecified atom stereocenters. The maximum absolute atomic E-state index is 2.31. The predicted molar refractivity (Wildman–Crippen MR) is 110 cm³/mol. The van der Waals surface area contributed by atoms with Gasteiger partial charge in [0, 0.05) is 37.1 Å². The third-order valence-corrected chi connectivity index (χ3v) is 5.16. The van der Waals surface area contributed by atoms with E-state index in [2.05, 4.69) is 72.0 Å². The van der Waals surface area contributed by atoms with E-state index < -0.39 is 0 Å². The molecule has 0 amide bonds. The number of unbranched alkanes of at least 4 members (excludes halogenated alkanes) is 8. The fraction of sp³-hybridized carbons (Fsp3) is 0.583. The molecule has 2 aromatic heterocycles. The van der Waals surface area contributed by atoms with Crippen molar-refractivity contribution in [3.05, 3.63) is 49.1 Å². The summed E-state index contributed by atoms with van der Waals surface area (Å²) in [4.78, 5) is 0. The van der Waals surface area contributed by atoms with Gasteiger partial charge in [0.2, 0.25) is 0 Å². The van der Waals surface area contributed by atoms with E-state index in [1.54, 1.807) is 0 Å². The second-order valence-corrected chi connectivity index (χ2v) is 7.48. The SMILES string of the molecule is CCCCCCC[n+]1ccc(-c2cc[n+](CCCCCCC)cc2)cc1.[Cl-].[Cl-]. The summed E-state index contributed by atoms with van der Waals surface area (Å²) in [5, 5.41) is 0. The zero-order chi connectivity index (χ0) is 18.5. The van der Waals surface area contributed by atoms with Gasteiger partial charge in [0.15, 0.2) is 24.8 Å². The number of pyridine rings is 2. The second kappa shape index (κ2) is 16.8. The number of halogens is 2. The van der Waals surface area contributed by atoms with Crippen molar-refractivity contribution in [1.82, 2.24) is 0 Å². The van der Waals surface area contributed by atoms with Crippen LogP contribution in [-0.4, -0.2) is 0 Å². The highest BCUT2D eigenvalue weighted by atomic mass is 35.5. The van der Waals surface area contributed by atoms with E-state index in [-0.39, 0.29) is 24.8 Å². The lowest BCUT2D eigenvalue weighted by Crippen LogP contribution is -3.00. The molecule has 0 aliphatic heterocycles. The molecule has 0 radical (unpaired) electrons. The van der Waals surface area contributed by atoms with Crippen LogP contribution in [0, 0.1) is 0 Å². The highest BCUT2D eigenvalue weighted by Crippen LogP contribution is 2.15. The summed E-state index contributed by atoms with van der Waals surface area (Å²) in [5.41, 5.74) is 2.62. The van der Waals surface area contributed by atoms with Crippen LogP contribution in [0.5, 0.6) is 0 Å². The lowest BCUT2D eigenvalue weighted by Gasteiger charge is -2.02. The minimum atomic E-state index is 0. The Morgan fingerprint density at radius 1 is 0.500 bits per heavy atom. The Bertz CT molecular complexity index is 542. The maximum atomic E-state index is 2.31. The lowest BCUT2D eigenvalue weighted by atomic mass is 10.1. The average molecular weight is 425 g/mol. The van der Waals surface area contributed by atoms with Crippen LogP contribution in [0.25, 0.3) is 11.1 Å². The van der Waals surface area contributed by atoms with Gasteiger partial charge in [0.1, 0.15) is 13.1 Å². The van der Waals surface area contributed by atoms with Gasteiger partial charge in [0.25, 0.3) is 0 Å². The van der Waals surface area contributed by atoms with Crippen LogP contribution >= 0.6 is 0 Å². The summed E-state index contributed by atoms with van der Waals surface area (Å²) in [6.07, 6.45) is 22.3. The Morgan fingerprint density at radius 3 is 1.14 bits per heavy atom. The zero-order valence-corrected chi connectivity index (χ0v) is 19.3. The summed E-state index contributed by atoms with van der Waals surface area (Å²) in [7, 11) is 0. The average Bonchev–Trinajstić information content (AvgIpc) is 2.69. The smallest absolute Gasteiger partial charge is 0.169 e. The molecule has 0 N–H and O–H groups in total. The Hall–Kier alpha value is -1.12. The molecule has 0 bridgehead atoms. The first-order valence-electron chi connectivity index (χ1n) is 10.8. The van der Waals surface area contributed by atoms with Crippen LogP contribution in [0.1, 0.15) is 78.1 Å². The van der Waals surface area contributed by atoms with Crippen LogP contribution in [0.15, 0.2) is 49.1 Å². The summed E-state index contributed by atoms with van der Waals surface area (Å²) >= 11 is 0. The van der Waals surface area contributed by atoms with Gasteiger partial charge < -0.3 is 24.8 Å². The van der Waals surface area contributed by atoms with Crippen LogP contribution < -0.4 is 33.9 Å². The summed E-state index contributed by atoms with van der Waals surface area (Å²) in [5.74, 6) is 0. The third-order valence-electron chi connectivity index (χ3n) is 5.16. The topological polar surface area (TPSA) is 7.76 Å². The largest absolute Gasteiger partial charge is 1.00 e. The molecular weight excluding hydrogens is 387 g/mol. The van der Waals surface area contributed by atoms with Crippen molar-refractivity contribution in [2.45, 2.75) is 91.1 Å². The molecule has 0 saturated heterocycles. The fourth-order valence-corrected chi connectivity index (χ4v) is 3.39. The molecule has 4 heteroatoms. The first kappa shape index (κ1) is 26.9. The van der Waals surface area contributed by atoms with E-state index in [1.165, 1.54) is 75.3 Å². The number of nitrogens with zero attached hydrogens (tertiary/aromatic N) is 2. The van der Waals surface area contributed by atoms with Gasteiger partial charge in [-0.2, -0.15) is 0 Å². The molecule has 2 aromatic rings. The molecule has 158 valence electrons. The molecule has 0 spiro atoms. The Labute approximate surface area is 185 Å². The minimum Gasteiger partial charge on any atom is -1.00 e. The van der Waals surface area contributed by atoms with Gasteiger partial charge in [-0.05, 0) is 24.0 Å². The molecule has 2 rings (SSSR count). The Balaban J connectivity index is 0.00000364. The lowest BCUT2D eigenvalue weighted by molar-refractivity contribution is -0.697. The number of hydrogen-bond acceptors (Lipinski definition) is 0. The van der Waals surface area contributed by atoms with Gasteiger partial charge in [-0.1, -0.05) is 52.4 Å². The monoisotopic (exact) mass is 424 g/mol. The van der Waals surface area contributed by atoms with E-state index in [9.17, 15) is 0 Å². The first-order valence-corrected chi connectivity index (χ1v) is 10.8. The van der Waals surface area contributed by atoms with Crippen molar-refractivity contribution < 1.29 is 33.9 Å². The van der Waals surface area contributed by atoms with Crippen LogP contribution in [0.4, 0.5) is 0 Å².